The van der Waals surface area contributed by atoms with Gasteiger partial charge in [0.1, 0.15) is 0 Å². The molecule has 1 aliphatic rings. The number of hydrogen-bond donors (Lipinski definition) is 1. The highest BCUT2D eigenvalue weighted by atomic mass is 32.2. The van der Waals surface area contributed by atoms with Crippen molar-refractivity contribution in [1.29, 1.82) is 0 Å². The molecule has 1 saturated heterocycles. The largest absolute Gasteiger partial charge is 0.481 e. The van der Waals surface area contributed by atoms with Crippen LogP contribution in [-0.4, -0.2) is 55.7 Å². The van der Waals surface area contributed by atoms with Crippen LogP contribution in [0.5, 0.6) is 0 Å². The molecule has 0 aliphatic carbocycles. The number of carbonyl (C=O) groups excluding carboxylic acids is 1. The van der Waals surface area contributed by atoms with Crippen molar-refractivity contribution in [2.75, 3.05) is 26.0 Å². The highest BCUT2D eigenvalue weighted by molar-refractivity contribution is 7.89. The standard InChI is InChI=1S/C12H21NO6S/c1-19-11(14)5-3-2-4-8-20(17,18)13-7-6-10(9-13)12(15)16/h10H,2-9H2,1H3,(H,15,16). The summed E-state index contributed by atoms with van der Waals surface area (Å²) in [5.74, 6) is -1.83. The molecule has 1 rings (SSSR count). The van der Waals surface area contributed by atoms with E-state index in [1.54, 1.807) is 0 Å². The van der Waals surface area contributed by atoms with Crippen LogP contribution in [0.4, 0.5) is 0 Å². The third kappa shape index (κ3) is 5.09. The molecule has 0 bridgehead atoms. The maximum atomic E-state index is 12.0. The molecule has 0 aromatic rings. The van der Waals surface area contributed by atoms with Crippen LogP contribution in [0.1, 0.15) is 32.1 Å². The van der Waals surface area contributed by atoms with Crippen LogP contribution < -0.4 is 0 Å². The Hall–Kier alpha value is -1.15. The van der Waals surface area contributed by atoms with Crippen LogP contribution in [0.15, 0.2) is 0 Å². The number of unbranched alkanes of at least 4 members (excludes halogenated alkanes) is 2. The van der Waals surface area contributed by atoms with Gasteiger partial charge < -0.3 is 9.84 Å². The number of carbonyl (C=O) groups is 2. The lowest BCUT2D eigenvalue weighted by Gasteiger charge is -2.15. The van der Waals surface area contributed by atoms with Crippen molar-refractivity contribution in [3.63, 3.8) is 0 Å². The molecule has 0 aromatic carbocycles. The summed E-state index contributed by atoms with van der Waals surface area (Å²) in [4.78, 5) is 21.7. The molecule has 1 heterocycles. The highest BCUT2D eigenvalue weighted by Gasteiger charge is 2.34. The maximum absolute atomic E-state index is 12.0. The van der Waals surface area contributed by atoms with Crippen molar-refractivity contribution in [3.8, 4) is 0 Å². The van der Waals surface area contributed by atoms with E-state index in [1.165, 1.54) is 11.4 Å². The summed E-state index contributed by atoms with van der Waals surface area (Å²) in [6, 6.07) is 0. The molecule has 7 nitrogen and oxygen atoms in total. The van der Waals surface area contributed by atoms with Crippen molar-refractivity contribution in [2.24, 2.45) is 5.92 Å². The summed E-state index contributed by atoms with van der Waals surface area (Å²) >= 11 is 0. The minimum absolute atomic E-state index is 0.000508. The van der Waals surface area contributed by atoms with E-state index in [9.17, 15) is 18.0 Å². The average molecular weight is 307 g/mol. The first-order chi connectivity index (χ1) is 9.36. The summed E-state index contributed by atoms with van der Waals surface area (Å²) in [5.41, 5.74) is 0. The van der Waals surface area contributed by atoms with Gasteiger partial charge in [-0.2, -0.15) is 0 Å². The molecule has 116 valence electrons. The third-order valence-corrected chi connectivity index (χ3v) is 5.33. The zero-order valence-corrected chi connectivity index (χ0v) is 12.4. The van der Waals surface area contributed by atoms with E-state index in [1.807, 2.05) is 0 Å². The third-order valence-electron chi connectivity index (χ3n) is 3.40. The monoisotopic (exact) mass is 307 g/mol. The Bertz CT molecular complexity index is 447. The molecule has 8 heteroatoms. The Morgan fingerprint density at radius 3 is 2.55 bits per heavy atom. The summed E-state index contributed by atoms with van der Waals surface area (Å²) < 4.78 is 29.7. The first-order valence-electron chi connectivity index (χ1n) is 6.64. The normalized spacial score (nSPS) is 19.9. The molecule has 0 spiro atoms. The van der Waals surface area contributed by atoms with E-state index in [0.717, 1.165) is 0 Å². The average Bonchev–Trinajstić information content (AvgIpc) is 2.88. The van der Waals surface area contributed by atoms with E-state index >= 15 is 0 Å². The van der Waals surface area contributed by atoms with Crippen molar-refractivity contribution < 1.29 is 27.9 Å². The molecule has 0 radical (unpaired) electrons. The summed E-state index contributed by atoms with van der Waals surface area (Å²) in [7, 11) is -2.06. The fourth-order valence-corrected chi connectivity index (χ4v) is 3.76. The van der Waals surface area contributed by atoms with Crippen LogP contribution in [0.3, 0.4) is 0 Å². The van der Waals surface area contributed by atoms with Gasteiger partial charge in [0, 0.05) is 19.5 Å². The fraction of sp³-hybridized carbons (Fsp3) is 0.833. The summed E-state index contributed by atoms with van der Waals surface area (Å²) in [6.07, 6.45) is 2.36. The van der Waals surface area contributed by atoms with E-state index in [4.69, 9.17) is 5.11 Å². The lowest BCUT2D eigenvalue weighted by atomic mass is 10.1. The molecule has 1 unspecified atom stereocenters. The Kier molecular flexibility index (Phi) is 6.41. The SMILES string of the molecule is COC(=O)CCCCCS(=O)(=O)N1CCC(C(=O)O)C1. The van der Waals surface area contributed by atoms with E-state index in [0.29, 0.717) is 32.1 Å². The number of methoxy groups -OCH3 is 1. The molecule has 0 amide bonds. The van der Waals surface area contributed by atoms with Crippen molar-refractivity contribution in [1.82, 2.24) is 4.31 Å². The van der Waals surface area contributed by atoms with Gasteiger partial charge in [0.2, 0.25) is 10.0 Å². The van der Waals surface area contributed by atoms with Crippen LogP contribution in [0.2, 0.25) is 0 Å². The van der Waals surface area contributed by atoms with Gasteiger partial charge in [-0.3, -0.25) is 9.59 Å². The molecular weight excluding hydrogens is 286 g/mol. The van der Waals surface area contributed by atoms with Gasteiger partial charge in [-0.15, -0.1) is 0 Å². The summed E-state index contributed by atoms with van der Waals surface area (Å²) in [6.45, 7) is 0.348. The van der Waals surface area contributed by atoms with Crippen LogP contribution in [0, 0.1) is 5.92 Å². The number of carboxylic acids is 1. The maximum Gasteiger partial charge on any atom is 0.307 e. The quantitative estimate of drug-likeness (QED) is 0.516. The van der Waals surface area contributed by atoms with Gasteiger partial charge >= 0.3 is 11.9 Å². The zero-order chi connectivity index (χ0) is 15.2. The smallest absolute Gasteiger partial charge is 0.307 e. The Balaban J connectivity index is 2.29. The molecule has 0 saturated carbocycles. The van der Waals surface area contributed by atoms with Gasteiger partial charge in [-0.25, -0.2) is 12.7 Å². The number of aliphatic carboxylic acids is 1. The highest BCUT2D eigenvalue weighted by Crippen LogP contribution is 2.20. The Labute approximate surface area is 118 Å². The molecular formula is C12H21NO6S. The Morgan fingerprint density at radius 2 is 2.00 bits per heavy atom. The van der Waals surface area contributed by atoms with E-state index < -0.39 is 21.9 Å². The molecule has 1 aliphatic heterocycles. The van der Waals surface area contributed by atoms with Gasteiger partial charge in [0.15, 0.2) is 0 Å². The second kappa shape index (κ2) is 7.58. The summed E-state index contributed by atoms with van der Waals surface area (Å²) in [5, 5.41) is 8.85. The zero-order valence-electron chi connectivity index (χ0n) is 11.6. The lowest BCUT2D eigenvalue weighted by Crippen LogP contribution is -2.32. The van der Waals surface area contributed by atoms with Crippen LogP contribution >= 0.6 is 0 Å². The van der Waals surface area contributed by atoms with E-state index in [2.05, 4.69) is 4.74 Å². The molecule has 1 N–H and O–H groups in total. The van der Waals surface area contributed by atoms with Gasteiger partial charge in [-0.1, -0.05) is 6.42 Å². The van der Waals surface area contributed by atoms with Gasteiger partial charge in [0.25, 0.3) is 0 Å². The first kappa shape index (κ1) is 16.9. The minimum atomic E-state index is -3.38. The molecule has 20 heavy (non-hydrogen) atoms. The Morgan fingerprint density at radius 1 is 1.30 bits per heavy atom. The minimum Gasteiger partial charge on any atom is -0.481 e. The van der Waals surface area contributed by atoms with Crippen LogP contribution in [-0.2, 0) is 24.3 Å². The number of esters is 1. The number of nitrogens with zero attached hydrogens (tertiary/aromatic N) is 1. The molecule has 1 atom stereocenters. The second-order valence-electron chi connectivity index (χ2n) is 4.88. The van der Waals surface area contributed by atoms with Crippen LogP contribution in [0.25, 0.3) is 0 Å². The van der Waals surface area contributed by atoms with Gasteiger partial charge in [0.05, 0.1) is 18.8 Å². The number of ether oxygens (including phenoxy) is 1. The fourth-order valence-electron chi connectivity index (χ4n) is 2.14. The molecule has 0 aromatic heterocycles. The number of rotatable bonds is 8. The molecule has 1 fully saturated rings. The van der Waals surface area contributed by atoms with Crippen molar-refractivity contribution >= 4 is 22.0 Å². The van der Waals surface area contributed by atoms with Crippen molar-refractivity contribution in [2.45, 2.75) is 32.1 Å². The lowest BCUT2D eigenvalue weighted by molar-refractivity contribution is -0.141. The first-order valence-corrected chi connectivity index (χ1v) is 8.25. The number of carboxylic acid groups (broad SMARTS) is 1. The topological polar surface area (TPSA) is 101 Å². The van der Waals surface area contributed by atoms with E-state index in [-0.39, 0.29) is 24.8 Å². The number of hydrogen-bond acceptors (Lipinski definition) is 5. The predicted octanol–water partition coefficient (Wildman–Crippen LogP) is 0.456. The second-order valence-corrected chi connectivity index (χ2v) is 6.97. The van der Waals surface area contributed by atoms with Crippen molar-refractivity contribution in [3.05, 3.63) is 0 Å². The number of sulfonamides is 1. The predicted molar refractivity (Wildman–Crippen MR) is 71.6 cm³/mol. The van der Waals surface area contributed by atoms with Gasteiger partial charge in [-0.05, 0) is 19.3 Å².